The van der Waals surface area contributed by atoms with Gasteiger partial charge in [0.05, 0.1) is 10.8 Å². The number of hydrogen-bond donors (Lipinski definition) is 1. The molecule has 0 radical (unpaired) electrons. The number of sulfonamides is 1. The molecular weight excluding hydrogens is 685 g/mol. The van der Waals surface area contributed by atoms with Crippen LogP contribution in [-0.2, 0) is 16.2 Å². The third-order valence-corrected chi connectivity index (χ3v) is 12.2. The van der Waals surface area contributed by atoms with Crippen molar-refractivity contribution in [2.75, 3.05) is 18.0 Å². The molecule has 4 fully saturated rings. The first-order valence-corrected chi connectivity index (χ1v) is 18.1. The van der Waals surface area contributed by atoms with Crippen LogP contribution in [-0.4, -0.2) is 54.4 Å². The molecule has 1 aliphatic heterocycles. The summed E-state index contributed by atoms with van der Waals surface area (Å²) in [5, 5.41) is 3.76. The van der Waals surface area contributed by atoms with Crippen LogP contribution < -0.4 is 14.4 Å². The largest absolute Gasteiger partial charge is 0.434 e. The maximum atomic E-state index is 13.9. The smallest absolute Gasteiger partial charge is 0.434 e. The zero-order valence-electron chi connectivity index (χ0n) is 26.6. The zero-order chi connectivity index (χ0) is 35.0. The van der Waals surface area contributed by atoms with Gasteiger partial charge in [0.15, 0.2) is 5.69 Å². The van der Waals surface area contributed by atoms with Gasteiger partial charge in [-0.2, -0.15) is 22.0 Å². The van der Waals surface area contributed by atoms with Crippen molar-refractivity contribution in [1.82, 2.24) is 19.8 Å². The van der Waals surface area contributed by atoms with E-state index in [-0.39, 0.29) is 50.9 Å². The van der Waals surface area contributed by atoms with Crippen molar-refractivity contribution in [2.45, 2.75) is 81.2 Å². The molecule has 4 heterocycles. The standard InChI is InChI=1S/C34H32F5N5O5S/c35-32(36)48-26-15-25(31(45)43-50(46,47)21-6-7-21)41-24-8-5-20(14-23(24)26)44-12-9-33(10-13-44)16-19(17-33)27-28(42-49-29(27)18-3-4-18)22-2-1-11-40-30(22)34(37,38)39/h1-2,5,8,11,14-15,18-19,21,32H,3-4,6-7,9-10,12-13,16-17H2,(H,43,45). The minimum absolute atomic E-state index is 0.00569. The number of carbonyl (C=O) groups excluding carboxylic acids is 1. The zero-order valence-corrected chi connectivity index (χ0v) is 27.4. The first-order valence-electron chi connectivity index (χ1n) is 16.5. The molecule has 264 valence electrons. The average Bonchev–Trinajstić information content (AvgIpc) is 4.00. The molecule has 1 amide bonds. The molecule has 8 rings (SSSR count). The molecule has 0 bridgehead atoms. The fourth-order valence-electron chi connectivity index (χ4n) is 7.53. The molecule has 50 heavy (non-hydrogen) atoms. The predicted octanol–water partition coefficient (Wildman–Crippen LogP) is 7.17. The predicted molar refractivity (Wildman–Crippen MR) is 170 cm³/mol. The Morgan fingerprint density at radius 1 is 1.04 bits per heavy atom. The number of rotatable bonds is 9. The Balaban J connectivity index is 0.995. The Morgan fingerprint density at radius 2 is 1.78 bits per heavy atom. The van der Waals surface area contributed by atoms with E-state index in [9.17, 15) is 35.2 Å². The Morgan fingerprint density at radius 3 is 2.44 bits per heavy atom. The van der Waals surface area contributed by atoms with Crippen molar-refractivity contribution >= 4 is 32.5 Å². The quantitative estimate of drug-likeness (QED) is 0.179. The second kappa shape index (κ2) is 11.9. The fraction of sp³-hybridized carbons (Fsp3) is 0.471. The van der Waals surface area contributed by atoms with Gasteiger partial charge in [0, 0.05) is 53.5 Å². The van der Waals surface area contributed by atoms with Crippen molar-refractivity contribution in [3.05, 3.63) is 65.3 Å². The van der Waals surface area contributed by atoms with Gasteiger partial charge >= 0.3 is 12.8 Å². The van der Waals surface area contributed by atoms with Crippen molar-refractivity contribution in [2.24, 2.45) is 5.41 Å². The minimum atomic E-state index is -4.64. The van der Waals surface area contributed by atoms with Gasteiger partial charge in [-0.25, -0.2) is 18.1 Å². The van der Waals surface area contributed by atoms with Crippen LogP contribution in [0.1, 0.15) is 90.7 Å². The molecule has 4 aromatic rings. The Hall–Kier alpha value is -4.34. The minimum Gasteiger partial charge on any atom is -0.434 e. The Kier molecular flexibility index (Phi) is 7.80. The number of amides is 1. The number of halogens is 5. The Labute approximate surface area is 283 Å². The molecule has 1 aromatic carbocycles. The molecule has 3 saturated carbocycles. The first-order chi connectivity index (χ1) is 23.8. The summed E-state index contributed by atoms with van der Waals surface area (Å²) < 4.78 is 106. The number of alkyl halides is 5. The molecule has 1 saturated heterocycles. The summed E-state index contributed by atoms with van der Waals surface area (Å²) in [6.45, 7) is -1.88. The Bertz CT molecular complexity index is 2080. The molecule has 0 unspecified atom stereocenters. The van der Waals surface area contributed by atoms with Gasteiger partial charge in [0.2, 0.25) is 10.0 Å². The highest BCUT2D eigenvalue weighted by Gasteiger charge is 2.50. The van der Waals surface area contributed by atoms with E-state index in [1.807, 2.05) is 4.72 Å². The number of fused-ring (bicyclic) bond motifs is 1. The van der Waals surface area contributed by atoms with E-state index >= 15 is 0 Å². The van der Waals surface area contributed by atoms with E-state index < -0.39 is 39.7 Å². The number of pyridine rings is 2. The lowest BCUT2D eigenvalue weighted by Crippen LogP contribution is -2.46. The number of ether oxygens (including phenoxy) is 1. The molecule has 10 nitrogen and oxygen atoms in total. The van der Waals surface area contributed by atoms with Crippen LogP contribution >= 0.6 is 0 Å². The first kappa shape index (κ1) is 32.8. The number of carbonyl (C=O) groups is 1. The van der Waals surface area contributed by atoms with Gasteiger partial charge in [-0.1, -0.05) is 5.16 Å². The number of nitrogens with zero attached hydrogens (tertiary/aromatic N) is 4. The number of nitrogens with one attached hydrogen (secondary N) is 1. The van der Waals surface area contributed by atoms with Gasteiger partial charge in [-0.3, -0.25) is 9.78 Å². The van der Waals surface area contributed by atoms with Crippen LogP contribution in [0.5, 0.6) is 5.75 Å². The molecule has 1 spiro atoms. The number of hydrogen-bond acceptors (Lipinski definition) is 9. The fourth-order valence-corrected chi connectivity index (χ4v) is 8.82. The summed E-state index contributed by atoms with van der Waals surface area (Å²) in [7, 11) is -3.88. The number of aromatic nitrogens is 3. The van der Waals surface area contributed by atoms with Gasteiger partial charge in [0.25, 0.3) is 5.91 Å². The number of benzene rings is 1. The van der Waals surface area contributed by atoms with E-state index in [0.29, 0.717) is 31.7 Å². The van der Waals surface area contributed by atoms with Crippen LogP contribution in [0.3, 0.4) is 0 Å². The van der Waals surface area contributed by atoms with Crippen LogP contribution in [0, 0.1) is 5.41 Å². The normalized spacial score (nSPS) is 19.6. The summed E-state index contributed by atoms with van der Waals surface area (Å²) in [6, 6.07) is 8.91. The molecule has 1 N–H and O–H groups in total. The van der Waals surface area contributed by atoms with Crippen molar-refractivity contribution in [3.8, 4) is 17.0 Å². The number of anilines is 1. The highest BCUT2D eigenvalue weighted by molar-refractivity contribution is 7.91. The highest BCUT2D eigenvalue weighted by atomic mass is 32.2. The summed E-state index contributed by atoms with van der Waals surface area (Å²) in [5.41, 5.74) is 0.506. The van der Waals surface area contributed by atoms with Crippen molar-refractivity contribution in [3.63, 3.8) is 0 Å². The monoisotopic (exact) mass is 717 g/mol. The van der Waals surface area contributed by atoms with Gasteiger partial charge in [0.1, 0.15) is 22.9 Å². The molecule has 0 atom stereocenters. The van der Waals surface area contributed by atoms with Gasteiger partial charge in [-0.05, 0) is 93.0 Å². The topological polar surface area (TPSA) is 128 Å². The van der Waals surface area contributed by atoms with Crippen LogP contribution in [0.15, 0.2) is 47.1 Å². The summed E-state index contributed by atoms with van der Waals surface area (Å²) >= 11 is 0. The molecule has 3 aromatic heterocycles. The maximum Gasteiger partial charge on any atom is 0.434 e. The lowest BCUT2D eigenvalue weighted by molar-refractivity contribution is -0.140. The van der Waals surface area contributed by atoms with E-state index in [1.165, 1.54) is 12.1 Å². The second-order valence-electron chi connectivity index (χ2n) is 13.8. The van der Waals surface area contributed by atoms with E-state index in [2.05, 4.69) is 20.0 Å². The summed E-state index contributed by atoms with van der Waals surface area (Å²) in [4.78, 5) is 22.7. The second-order valence-corrected chi connectivity index (χ2v) is 15.8. The maximum absolute atomic E-state index is 13.9. The van der Waals surface area contributed by atoms with Crippen molar-refractivity contribution in [1.29, 1.82) is 0 Å². The lowest BCUT2D eigenvalue weighted by Gasteiger charge is -2.53. The lowest BCUT2D eigenvalue weighted by atomic mass is 9.55. The van der Waals surface area contributed by atoms with Gasteiger partial charge in [-0.15, -0.1) is 0 Å². The molecular formula is C34H32F5N5O5S. The summed E-state index contributed by atoms with van der Waals surface area (Å²) in [6.07, 6.45) is 2.39. The van der Waals surface area contributed by atoms with Crippen LogP contribution in [0.4, 0.5) is 27.6 Å². The third kappa shape index (κ3) is 6.15. The average molecular weight is 718 g/mol. The van der Waals surface area contributed by atoms with Crippen molar-refractivity contribution < 1.29 is 44.4 Å². The van der Waals surface area contributed by atoms with E-state index in [0.717, 1.165) is 62.0 Å². The van der Waals surface area contributed by atoms with Gasteiger partial charge < -0.3 is 14.2 Å². The van der Waals surface area contributed by atoms with E-state index in [1.54, 1.807) is 18.2 Å². The molecule has 4 aliphatic rings. The third-order valence-electron chi connectivity index (χ3n) is 10.4. The van der Waals surface area contributed by atoms with Crippen LogP contribution in [0.2, 0.25) is 0 Å². The van der Waals surface area contributed by atoms with Crippen LogP contribution in [0.25, 0.3) is 22.2 Å². The molecule has 16 heteroatoms. The van der Waals surface area contributed by atoms with E-state index in [4.69, 9.17) is 9.26 Å². The molecule has 3 aliphatic carbocycles. The highest BCUT2D eigenvalue weighted by Crippen LogP contribution is 2.60. The summed E-state index contributed by atoms with van der Waals surface area (Å²) in [5.74, 6) is -0.462. The number of piperidine rings is 1. The SMILES string of the molecule is O=C(NS(=O)(=O)C1CC1)c1cc(OC(F)F)c2cc(N3CCC4(CC3)CC(c3c(-c5cccnc5C(F)(F)F)noc3C3CC3)C4)ccc2n1.